The van der Waals surface area contributed by atoms with Crippen molar-refractivity contribution in [1.29, 1.82) is 0 Å². The maximum atomic E-state index is 11.3. The number of hydrogen-bond donors (Lipinski definition) is 1. The topological polar surface area (TPSA) is 38.3 Å². The molecule has 0 aromatic heterocycles. The summed E-state index contributed by atoms with van der Waals surface area (Å²) >= 11 is 0. The van der Waals surface area contributed by atoms with E-state index in [4.69, 9.17) is 4.74 Å². The number of amides is 1. The molecular weight excluding hydrogens is 190 g/mol. The van der Waals surface area contributed by atoms with Gasteiger partial charge < -0.3 is 10.1 Å². The van der Waals surface area contributed by atoms with E-state index < -0.39 is 0 Å². The van der Waals surface area contributed by atoms with Crippen LogP contribution in [0.4, 0.5) is 0 Å². The van der Waals surface area contributed by atoms with Crippen LogP contribution in [-0.2, 0) is 4.79 Å². The number of carbonyl (C=O) groups excluding carboxylic acids is 1. The van der Waals surface area contributed by atoms with Crippen molar-refractivity contribution in [2.24, 2.45) is 5.92 Å². The Morgan fingerprint density at radius 2 is 2.20 bits per heavy atom. The van der Waals surface area contributed by atoms with Crippen LogP contribution in [0.15, 0.2) is 24.3 Å². The summed E-state index contributed by atoms with van der Waals surface area (Å²) in [6.07, 6.45) is 0.596. The molecule has 2 heterocycles. The van der Waals surface area contributed by atoms with Gasteiger partial charge in [0, 0.05) is 24.8 Å². The van der Waals surface area contributed by atoms with Gasteiger partial charge in [-0.2, -0.15) is 0 Å². The predicted molar refractivity (Wildman–Crippen MR) is 55.8 cm³/mol. The molecule has 15 heavy (non-hydrogen) atoms. The van der Waals surface area contributed by atoms with E-state index in [-0.39, 0.29) is 5.91 Å². The van der Waals surface area contributed by atoms with Gasteiger partial charge in [0.25, 0.3) is 0 Å². The van der Waals surface area contributed by atoms with Crippen molar-refractivity contribution in [3.8, 4) is 5.75 Å². The molecule has 0 radical (unpaired) electrons. The van der Waals surface area contributed by atoms with Crippen LogP contribution in [0.25, 0.3) is 0 Å². The SMILES string of the molecule is O=C1C[C@H]2COc3ccccc3[C@H]2CN1. The summed E-state index contributed by atoms with van der Waals surface area (Å²) in [5, 5.41) is 2.93. The summed E-state index contributed by atoms with van der Waals surface area (Å²) in [6, 6.07) is 8.12. The number of rotatable bonds is 0. The lowest BCUT2D eigenvalue weighted by atomic mass is 9.80. The Morgan fingerprint density at radius 1 is 1.33 bits per heavy atom. The first-order valence-corrected chi connectivity index (χ1v) is 5.33. The third-order valence-corrected chi connectivity index (χ3v) is 3.31. The minimum Gasteiger partial charge on any atom is -0.493 e. The van der Waals surface area contributed by atoms with Gasteiger partial charge in [-0.1, -0.05) is 18.2 Å². The first-order valence-electron chi connectivity index (χ1n) is 5.33. The molecule has 2 atom stereocenters. The highest BCUT2D eigenvalue weighted by atomic mass is 16.5. The fourth-order valence-corrected chi connectivity index (χ4v) is 2.50. The average Bonchev–Trinajstić information content (AvgIpc) is 2.28. The zero-order valence-electron chi connectivity index (χ0n) is 8.40. The molecule has 1 fully saturated rings. The lowest BCUT2D eigenvalue weighted by Crippen LogP contribution is -2.43. The number of hydrogen-bond acceptors (Lipinski definition) is 2. The van der Waals surface area contributed by atoms with Crippen molar-refractivity contribution in [1.82, 2.24) is 5.32 Å². The molecule has 2 aliphatic rings. The maximum Gasteiger partial charge on any atom is 0.220 e. The van der Waals surface area contributed by atoms with Crippen LogP contribution < -0.4 is 10.1 Å². The quantitative estimate of drug-likeness (QED) is 0.690. The van der Waals surface area contributed by atoms with E-state index in [1.54, 1.807) is 0 Å². The van der Waals surface area contributed by atoms with Gasteiger partial charge in [0.05, 0.1) is 6.61 Å². The largest absolute Gasteiger partial charge is 0.493 e. The summed E-state index contributed by atoms with van der Waals surface area (Å²) in [5.41, 5.74) is 1.24. The summed E-state index contributed by atoms with van der Waals surface area (Å²) in [4.78, 5) is 11.3. The van der Waals surface area contributed by atoms with E-state index in [0.717, 1.165) is 12.3 Å². The Labute approximate surface area is 88.4 Å². The molecule has 0 spiro atoms. The molecule has 0 unspecified atom stereocenters. The second-order valence-corrected chi connectivity index (χ2v) is 4.22. The second kappa shape index (κ2) is 3.26. The number of carbonyl (C=O) groups is 1. The molecule has 3 heteroatoms. The van der Waals surface area contributed by atoms with E-state index in [9.17, 15) is 4.79 Å². The monoisotopic (exact) mass is 203 g/mol. The molecule has 78 valence electrons. The van der Waals surface area contributed by atoms with Crippen LogP contribution in [0, 0.1) is 5.92 Å². The summed E-state index contributed by atoms with van der Waals surface area (Å²) in [6.45, 7) is 1.43. The van der Waals surface area contributed by atoms with Crippen molar-refractivity contribution in [2.75, 3.05) is 13.2 Å². The molecule has 2 aliphatic heterocycles. The van der Waals surface area contributed by atoms with E-state index in [2.05, 4.69) is 11.4 Å². The molecule has 3 rings (SSSR count). The first kappa shape index (κ1) is 8.77. The van der Waals surface area contributed by atoms with Crippen molar-refractivity contribution in [3.05, 3.63) is 29.8 Å². The second-order valence-electron chi connectivity index (χ2n) is 4.22. The zero-order valence-corrected chi connectivity index (χ0v) is 8.40. The van der Waals surface area contributed by atoms with Gasteiger partial charge in [0.2, 0.25) is 5.91 Å². The fourth-order valence-electron chi connectivity index (χ4n) is 2.50. The molecule has 0 aliphatic carbocycles. The fraction of sp³-hybridized carbons (Fsp3) is 0.417. The van der Waals surface area contributed by atoms with Crippen molar-refractivity contribution in [2.45, 2.75) is 12.3 Å². The number of benzene rings is 1. The normalized spacial score (nSPS) is 28.4. The van der Waals surface area contributed by atoms with Crippen LogP contribution in [0.5, 0.6) is 5.75 Å². The molecule has 1 aromatic carbocycles. The number of fused-ring (bicyclic) bond motifs is 3. The minimum atomic E-state index is 0.152. The van der Waals surface area contributed by atoms with E-state index >= 15 is 0 Å². The molecule has 1 amide bonds. The van der Waals surface area contributed by atoms with Gasteiger partial charge in [-0.3, -0.25) is 4.79 Å². The summed E-state index contributed by atoms with van der Waals surface area (Å²) < 4.78 is 5.66. The molecule has 0 saturated carbocycles. The molecule has 1 saturated heterocycles. The molecule has 1 aromatic rings. The highest BCUT2D eigenvalue weighted by molar-refractivity contribution is 5.77. The molecule has 3 nitrogen and oxygen atoms in total. The van der Waals surface area contributed by atoms with Gasteiger partial charge in [-0.25, -0.2) is 0 Å². The Hall–Kier alpha value is -1.51. The smallest absolute Gasteiger partial charge is 0.220 e. The van der Waals surface area contributed by atoms with Crippen LogP contribution >= 0.6 is 0 Å². The van der Waals surface area contributed by atoms with Crippen LogP contribution in [0.2, 0.25) is 0 Å². The summed E-state index contributed by atoms with van der Waals surface area (Å²) in [5.74, 6) is 1.93. The highest BCUT2D eigenvalue weighted by Gasteiger charge is 2.35. The Kier molecular flexibility index (Phi) is 1.91. The molecule has 0 bridgehead atoms. The van der Waals surface area contributed by atoms with Crippen LogP contribution in [-0.4, -0.2) is 19.1 Å². The van der Waals surface area contributed by atoms with Crippen molar-refractivity contribution >= 4 is 5.91 Å². The number of ether oxygens (including phenoxy) is 1. The number of para-hydroxylation sites is 1. The van der Waals surface area contributed by atoms with E-state index in [1.165, 1.54) is 5.56 Å². The minimum absolute atomic E-state index is 0.152. The van der Waals surface area contributed by atoms with E-state index in [0.29, 0.717) is 24.9 Å². The van der Waals surface area contributed by atoms with Gasteiger partial charge >= 0.3 is 0 Å². The molecular formula is C12H13NO2. The Balaban J connectivity index is 1.97. The van der Waals surface area contributed by atoms with Crippen molar-refractivity contribution in [3.63, 3.8) is 0 Å². The van der Waals surface area contributed by atoms with Crippen LogP contribution in [0.3, 0.4) is 0 Å². The first-order chi connectivity index (χ1) is 7.34. The Morgan fingerprint density at radius 3 is 3.13 bits per heavy atom. The Bertz CT molecular complexity index is 402. The van der Waals surface area contributed by atoms with Gasteiger partial charge in [-0.05, 0) is 11.6 Å². The van der Waals surface area contributed by atoms with E-state index in [1.807, 2.05) is 18.2 Å². The predicted octanol–water partition coefficient (Wildman–Crippen LogP) is 1.30. The third-order valence-electron chi connectivity index (χ3n) is 3.31. The maximum absolute atomic E-state index is 11.3. The van der Waals surface area contributed by atoms with Crippen LogP contribution in [0.1, 0.15) is 17.9 Å². The average molecular weight is 203 g/mol. The van der Waals surface area contributed by atoms with Gasteiger partial charge in [0.15, 0.2) is 0 Å². The third kappa shape index (κ3) is 1.39. The summed E-state index contributed by atoms with van der Waals surface area (Å²) in [7, 11) is 0. The lowest BCUT2D eigenvalue weighted by Gasteiger charge is -2.36. The van der Waals surface area contributed by atoms with Gasteiger partial charge in [-0.15, -0.1) is 0 Å². The highest BCUT2D eigenvalue weighted by Crippen LogP contribution is 2.39. The number of piperidine rings is 1. The number of nitrogens with one attached hydrogen (secondary N) is 1. The molecule has 1 N–H and O–H groups in total. The standard InChI is InChI=1S/C12H13NO2/c14-12-5-8-7-15-11-4-2-1-3-9(11)10(8)6-13-12/h1-4,8,10H,5-7H2,(H,13,14)/t8-,10-/m0/s1. The zero-order chi connectivity index (χ0) is 10.3. The lowest BCUT2D eigenvalue weighted by molar-refractivity contribution is -0.124. The van der Waals surface area contributed by atoms with Gasteiger partial charge in [0.1, 0.15) is 5.75 Å². The van der Waals surface area contributed by atoms with Crippen molar-refractivity contribution < 1.29 is 9.53 Å².